The summed E-state index contributed by atoms with van der Waals surface area (Å²) in [5, 5.41) is 0. The van der Waals surface area contributed by atoms with Crippen molar-refractivity contribution in [2.24, 2.45) is 11.3 Å². The Morgan fingerprint density at radius 1 is 1.50 bits per heavy atom. The zero-order valence-electron chi connectivity index (χ0n) is 13.1. The normalized spacial score (nSPS) is 24.2. The van der Waals surface area contributed by atoms with E-state index < -0.39 is 15.8 Å². The largest absolute Gasteiger partial charge is 0.339 e. The first kappa shape index (κ1) is 17.2. The van der Waals surface area contributed by atoms with Gasteiger partial charge in [-0.05, 0) is 24.7 Å². The Hall–Kier alpha value is -0.840. The van der Waals surface area contributed by atoms with Gasteiger partial charge in [-0.25, -0.2) is 8.42 Å². The fourth-order valence-electron chi connectivity index (χ4n) is 3.13. The van der Waals surface area contributed by atoms with Crippen LogP contribution < -0.4 is 0 Å². The van der Waals surface area contributed by atoms with Crippen molar-refractivity contribution in [3.63, 3.8) is 0 Å². The molecular formula is C15H27NO3S. The van der Waals surface area contributed by atoms with Gasteiger partial charge in [0.05, 0.1) is 5.75 Å². The molecule has 0 aliphatic carbocycles. The van der Waals surface area contributed by atoms with Crippen molar-refractivity contribution in [1.29, 1.82) is 0 Å². The quantitative estimate of drug-likeness (QED) is 0.732. The molecule has 0 radical (unpaired) electrons. The molecule has 1 fully saturated rings. The lowest BCUT2D eigenvalue weighted by Gasteiger charge is -2.47. The van der Waals surface area contributed by atoms with Crippen molar-refractivity contribution in [1.82, 2.24) is 4.90 Å². The third-order valence-electron chi connectivity index (χ3n) is 4.15. The molecular weight excluding hydrogens is 274 g/mol. The van der Waals surface area contributed by atoms with Crippen LogP contribution in [0.2, 0.25) is 0 Å². The van der Waals surface area contributed by atoms with Crippen LogP contribution in [0.15, 0.2) is 12.7 Å². The maximum Gasteiger partial charge on any atom is 0.226 e. The average molecular weight is 301 g/mol. The number of carbonyl (C=O) groups is 1. The minimum Gasteiger partial charge on any atom is -0.339 e. The van der Waals surface area contributed by atoms with E-state index in [4.69, 9.17) is 0 Å². The van der Waals surface area contributed by atoms with Crippen LogP contribution in [0.5, 0.6) is 0 Å². The van der Waals surface area contributed by atoms with Crippen LogP contribution in [0.3, 0.4) is 0 Å². The highest BCUT2D eigenvalue weighted by Crippen LogP contribution is 2.37. The van der Waals surface area contributed by atoms with Gasteiger partial charge in [-0.2, -0.15) is 0 Å². The second-order valence-corrected chi connectivity index (χ2v) is 8.84. The monoisotopic (exact) mass is 301 g/mol. The Morgan fingerprint density at radius 2 is 2.10 bits per heavy atom. The topological polar surface area (TPSA) is 54.5 Å². The Morgan fingerprint density at radius 3 is 2.60 bits per heavy atom. The van der Waals surface area contributed by atoms with Gasteiger partial charge in [0.2, 0.25) is 5.91 Å². The highest BCUT2D eigenvalue weighted by atomic mass is 32.2. The summed E-state index contributed by atoms with van der Waals surface area (Å²) in [5.74, 6) is -0.606. The highest BCUT2D eigenvalue weighted by molar-refractivity contribution is 7.90. The van der Waals surface area contributed by atoms with Crippen molar-refractivity contribution in [2.75, 3.05) is 18.6 Å². The summed E-state index contributed by atoms with van der Waals surface area (Å²) in [7, 11) is -3.13. The van der Waals surface area contributed by atoms with Gasteiger partial charge in [0.25, 0.3) is 0 Å². The van der Waals surface area contributed by atoms with E-state index in [0.717, 1.165) is 25.8 Å². The maximum atomic E-state index is 12.6. The number of hydrogen-bond acceptors (Lipinski definition) is 3. The molecule has 0 aromatic carbocycles. The standard InChI is InChI=1S/C15H27NO3S/c1-6-8-13-15(3,4)9-7-10-16(13)14(17)12(2)11-20(5,18)19/h6,12-13H,1,7-11H2,2-5H3/t12-,13-/m0/s1. The van der Waals surface area contributed by atoms with Crippen molar-refractivity contribution in [3.05, 3.63) is 12.7 Å². The van der Waals surface area contributed by atoms with Crippen molar-refractivity contribution < 1.29 is 13.2 Å². The minimum absolute atomic E-state index is 0.0462. The van der Waals surface area contributed by atoms with Gasteiger partial charge < -0.3 is 4.90 Å². The van der Waals surface area contributed by atoms with Crippen LogP contribution in [-0.4, -0.2) is 43.8 Å². The van der Waals surface area contributed by atoms with E-state index >= 15 is 0 Å². The molecule has 0 N–H and O–H groups in total. The second-order valence-electron chi connectivity index (χ2n) is 6.66. The fraction of sp³-hybridized carbons (Fsp3) is 0.800. The minimum atomic E-state index is -3.13. The average Bonchev–Trinajstić information content (AvgIpc) is 2.28. The Bertz CT molecular complexity index is 468. The van der Waals surface area contributed by atoms with Gasteiger partial charge in [-0.1, -0.05) is 26.8 Å². The fourth-order valence-corrected chi connectivity index (χ4v) is 4.18. The van der Waals surface area contributed by atoms with Gasteiger partial charge in [0.1, 0.15) is 9.84 Å². The Balaban J connectivity index is 2.91. The molecule has 0 aromatic rings. The number of likely N-dealkylation sites (tertiary alicyclic amines) is 1. The number of hydrogen-bond donors (Lipinski definition) is 0. The first-order valence-electron chi connectivity index (χ1n) is 7.17. The molecule has 0 aromatic heterocycles. The molecule has 1 saturated heterocycles. The number of sulfone groups is 1. The summed E-state index contributed by atoms with van der Waals surface area (Å²) in [6, 6.07) is 0.114. The number of nitrogens with zero attached hydrogens (tertiary/aromatic N) is 1. The predicted molar refractivity (Wildman–Crippen MR) is 82.2 cm³/mol. The molecule has 1 rings (SSSR count). The van der Waals surface area contributed by atoms with E-state index in [2.05, 4.69) is 20.4 Å². The smallest absolute Gasteiger partial charge is 0.226 e. The number of rotatable bonds is 5. The zero-order chi connectivity index (χ0) is 15.6. The molecule has 0 bridgehead atoms. The summed E-state index contributed by atoms with van der Waals surface area (Å²) in [5.41, 5.74) is 0.0485. The lowest BCUT2D eigenvalue weighted by atomic mass is 9.74. The molecule has 1 amide bonds. The van der Waals surface area contributed by atoms with Crippen LogP contribution in [0, 0.1) is 11.3 Å². The first-order chi connectivity index (χ1) is 9.08. The molecule has 4 nitrogen and oxygen atoms in total. The highest BCUT2D eigenvalue weighted by Gasteiger charge is 2.40. The van der Waals surface area contributed by atoms with E-state index in [-0.39, 0.29) is 23.1 Å². The van der Waals surface area contributed by atoms with E-state index in [1.165, 1.54) is 6.26 Å². The molecule has 0 unspecified atom stereocenters. The van der Waals surface area contributed by atoms with Crippen molar-refractivity contribution in [3.8, 4) is 0 Å². The summed E-state index contributed by atoms with van der Waals surface area (Å²) in [4.78, 5) is 14.5. The number of piperidine rings is 1. The summed E-state index contributed by atoms with van der Waals surface area (Å²) in [6.45, 7) is 10.5. The first-order valence-corrected chi connectivity index (χ1v) is 9.23. The van der Waals surface area contributed by atoms with Crippen molar-refractivity contribution in [2.45, 2.75) is 46.1 Å². The third kappa shape index (κ3) is 4.33. The summed E-state index contributed by atoms with van der Waals surface area (Å²) < 4.78 is 22.8. The molecule has 1 heterocycles. The van der Waals surface area contributed by atoms with Gasteiger partial charge in [0, 0.05) is 24.8 Å². The third-order valence-corrected chi connectivity index (χ3v) is 5.25. The summed E-state index contributed by atoms with van der Waals surface area (Å²) >= 11 is 0. The molecule has 2 atom stereocenters. The van der Waals surface area contributed by atoms with Gasteiger partial charge >= 0.3 is 0 Å². The molecule has 116 valence electrons. The van der Waals surface area contributed by atoms with Gasteiger partial charge in [0.15, 0.2) is 0 Å². The van der Waals surface area contributed by atoms with Crippen LogP contribution in [0.1, 0.15) is 40.0 Å². The maximum absolute atomic E-state index is 12.6. The van der Waals surface area contributed by atoms with Gasteiger partial charge in [-0.3, -0.25) is 4.79 Å². The van der Waals surface area contributed by atoms with Gasteiger partial charge in [-0.15, -0.1) is 6.58 Å². The second kappa shape index (κ2) is 6.29. The Labute approximate surface area is 123 Å². The van der Waals surface area contributed by atoms with E-state index in [1.54, 1.807) is 6.92 Å². The van der Waals surface area contributed by atoms with Crippen LogP contribution in [0.25, 0.3) is 0 Å². The van der Waals surface area contributed by atoms with Crippen LogP contribution >= 0.6 is 0 Å². The van der Waals surface area contributed by atoms with Crippen molar-refractivity contribution >= 4 is 15.7 Å². The molecule has 1 aliphatic rings. The molecule has 0 saturated carbocycles. The number of amides is 1. The van der Waals surface area contributed by atoms with Crippen LogP contribution in [-0.2, 0) is 14.6 Å². The molecule has 20 heavy (non-hydrogen) atoms. The van der Waals surface area contributed by atoms with E-state index in [9.17, 15) is 13.2 Å². The summed E-state index contributed by atoms with van der Waals surface area (Å²) in [6.07, 6.45) is 5.83. The van der Waals surface area contributed by atoms with E-state index in [1.807, 2.05) is 11.0 Å². The lowest BCUT2D eigenvalue weighted by molar-refractivity contribution is -0.142. The molecule has 5 heteroatoms. The SMILES string of the molecule is C=CC[C@@H]1N(C(=O)[C@@H](C)CS(C)(=O)=O)CCCC1(C)C. The molecule has 1 aliphatic heterocycles. The number of carbonyl (C=O) groups excluding carboxylic acids is 1. The predicted octanol–water partition coefficient (Wildman–Crippen LogP) is 2.26. The van der Waals surface area contributed by atoms with E-state index in [0.29, 0.717) is 0 Å². The Kier molecular flexibility index (Phi) is 5.41. The lowest BCUT2D eigenvalue weighted by Crippen LogP contribution is -2.54. The van der Waals surface area contributed by atoms with Crippen LogP contribution in [0.4, 0.5) is 0 Å². The zero-order valence-corrected chi connectivity index (χ0v) is 13.9. The molecule has 0 spiro atoms.